The van der Waals surface area contributed by atoms with Crippen molar-refractivity contribution in [2.45, 2.75) is 6.92 Å². The Morgan fingerprint density at radius 1 is 1.20 bits per heavy atom. The fraction of sp³-hybridized carbons (Fsp3) is 0.214. The Bertz CT molecular complexity index is 636. The Morgan fingerprint density at radius 3 is 2.40 bits per heavy atom. The molecule has 0 aliphatic heterocycles. The third-order valence-electron chi connectivity index (χ3n) is 2.78. The number of methoxy groups -OCH3 is 2. The minimum Gasteiger partial charge on any atom is -0.493 e. The van der Waals surface area contributed by atoms with E-state index in [1.54, 1.807) is 19.2 Å². The summed E-state index contributed by atoms with van der Waals surface area (Å²) in [6.07, 6.45) is 0. The summed E-state index contributed by atoms with van der Waals surface area (Å²) in [4.78, 5) is 12.0. The highest BCUT2D eigenvalue weighted by Crippen LogP contribution is 2.33. The van der Waals surface area contributed by atoms with Crippen LogP contribution in [-0.4, -0.2) is 20.1 Å². The average Bonchev–Trinajstić information content (AvgIpc) is 2.87. The van der Waals surface area contributed by atoms with Gasteiger partial charge in [-0.25, -0.2) is 0 Å². The molecule has 1 heterocycles. The summed E-state index contributed by atoms with van der Waals surface area (Å²) in [6, 6.07) is 6.49. The minimum absolute atomic E-state index is 0.143. The van der Waals surface area contributed by atoms with Gasteiger partial charge >= 0.3 is 0 Å². The van der Waals surface area contributed by atoms with Crippen molar-refractivity contribution in [2.24, 2.45) is 0 Å². The number of benzene rings is 1. The van der Waals surface area contributed by atoms with Crippen LogP contribution < -0.4 is 14.8 Å². The molecule has 0 atom stereocenters. The molecule has 0 fully saturated rings. The fourth-order valence-electron chi connectivity index (χ4n) is 1.74. The number of amides is 1. The molecule has 2 rings (SSSR count). The molecule has 2 aromatic rings. The third kappa shape index (κ3) is 2.88. The molecule has 0 unspecified atom stereocenters. The van der Waals surface area contributed by atoms with Crippen molar-refractivity contribution in [1.29, 1.82) is 0 Å². The molecule has 1 amide bonds. The van der Waals surface area contributed by atoms with Crippen molar-refractivity contribution in [3.63, 3.8) is 0 Å². The van der Waals surface area contributed by atoms with Crippen LogP contribution in [0.25, 0.3) is 0 Å². The quantitative estimate of drug-likeness (QED) is 0.937. The number of hydrogen-bond donors (Lipinski definition) is 1. The zero-order chi connectivity index (χ0) is 14.7. The molecule has 20 heavy (non-hydrogen) atoms. The predicted molar refractivity (Wildman–Crippen MR) is 76.0 cm³/mol. The standard InChI is InChI=1S/C14H14ClNO4/c1-8-6-11(18-2)12(19-3)7-9(8)16-14(17)10-4-5-13(15)20-10/h4-7H,1-3H3,(H,16,17). The molecule has 0 aliphatic carbocycles. The third-order valence-corrected chi connectivity index (χ3v) is 2.98. The number of rotatable bonds is 4. The SMILES string of the molecule is COc1cc(C)c(NC(=O)c2ccc(Cl)o2)cc1OC. The molecular weight excluding hydrogens is 282 g/mol. The number of aryl methyl sites for hydroxylation is 1. The largest absolute Gasteiger partial charge is 0.493 e. The Morgan fingerprint density at radius 2 is 1.85 bits per heavy atom. The number of carbonyl (C=O) groups excluding carboxylic acids is 1. The van der Waals surface area contributed by atoms with Crippen molar-refractivity contribution in [2.75, 3.05) is 19.5 Å². The first-order valence-corrected chi connectivity index (χ1v) is 6.22. The van der Waals surface area contributed by atoms with E-state index >= 15 is 0 Å². The van der Waals surface area contributed by atoms with E-state index in [1.807, 2.05) is 6.92 Å². The van der Waals surface area contributed by atoms with E-state index in [9.17, 15) is 4.79 Å². The molecular formula is C14H14ClNO4. The van der Waals surface area contributed by atoms with Crippen LogP contribution in [0, 0.1) is 6.92 Å². The van der Waals surface area contributed by atoms with Crippen LogP contribution in [0.5, 0.6) is 11.5 Å². The van der Waals surface area contributed by atoms with Crippen molar-refractivity contribution in [1.82, 2.24) is 0 Å². The van der Waals surface area contributed by atoms with Crippen LogP contribution in [0.3, 0.4) is 0 Å². The van der Waals surface area contributed by atoms with Crippen LogP contribution in [0.1, 0.15) is 16.1 Å². The lowest BCUT2D eigenvalue weighted by molar-refractivity contribution is 0.0996. The van der Waals surface area contributed by atoms with Gasteiger partial charge in [-0.15, -0.1) is 0 Å². The highest BCUT2D eigenvalue weighted by atomic mass is 35.5. The topological polar surface area (TPSA) is 60.7 Å². The molecule has 1 aromatic carbocycles. The first-order chi connectivity index (χ1) is 9.55. The van der Waals surface area contributed by atoms with Crippen molar-refractivity contribution < 1.29 is 18.7 Å². The molecule has 0 bridgehead atoms. The Hall–Kier alpha value is -2.14. The van der Waals surface area contributed by atoms with Gasteiger partial charge in [0, 0.05) is 11.8 Å². The lowest BCUT2D eigenvalue weighted by atomic mass is 10.1. The molecule has 6 heteroatoms. The number of ether oxygens (including phenoxy) is 2. The molecule has 1 aromatic heterocycles. The summed E-state index contributed by atoms with van der Waals surface area (Å²) in [5.41, 5.74) is 1.45. The van der Waals surface area contributed by atoms with E-state index in [1.165, 1.54) is 19.2 Å². The van der Waals surface area contributed by atoms with Crippen LogP contribution >= 0.6 is 11.6 Å². The van der Waals surface area contributed by atoms with Crippen LogP contribution in [0.2, 0.25) is 5.22 Å². The van der Waals surface area contributed by atoms with E-state index in [-0.39, 0.29) is 16.9 Å². The summed E-state index contributed by atoms with van der Waals surface area (Å²) in [5, 5.41) is 2.90. The summed E-state index contributed by atoms with van der Waals surface area (Å²) >= 11 is 5.64. The average molecular weight is 296 g/mol. The van der Waals surface area contributed by atoms with E-state index in [0.29, 0.717) is 17.2 Å². The van der Waals surface area contributed by atoms with Gasteiger partial charge in [0.15, 0.2) is 22.5 Å². The zero-order valence-corrected chi connectivity index (χ0v) is 12.1. The summed E-state index contributed by atoms with van der Waals surface area (Å²) < 4.78 is 15.5. The first-order valence-electron chi connectivity index (χ1n) is 5.84. The monoisotopic (exact) mass is 295 g/mol. The lowest BCUT2D eigenvalue weighted by Crippen LogP contribution is -2.12. The van der Waals surface area contributed by atoms with Crippen LogP contribution in [0.4, 0.5) is 5.69 Å². The minimum atomic E-state index is -0.382. The molecule has 0 saturated heterocycles. The Kier molecular flexibility index (Phi) is 4.20. The van der Waals surface area contributed by atoms with E-state index in [4.69, 9.17) is 25.5 Å². The smallest absolute Gasteiger partial charge is 0.291 e. The van der Waals surface area contributed by atoms with Gasteiger partial charge in [0.25, 0.3) is 5.91 Å². The maximum absolute atomic E-state index is 12.0. The molecule has 0 spiro atoms. The summed E-state index contributed by atoms with van der Waals surface area (Å²) in [7, 11) is 3.09. The molecule has 0 aliphatic rings. The van der Waals surface area contributed by atoms with Crippen molar-refractivity contribution >= 4 is 23.2 Å². The van der Waals surface area contributed by atoms with Crippen LogP contribution in [-0.2, 0) is 0 Å². The highest BCUT2D eigenvalue weighted by Gasteiger charge is 2.14. The first kappa shape index (κ1) is 14.3. The summed E-state index contributed by atoms with van der Waals surface area (Å²) in [5.74, 6) is 0.895. The second kappa shape index (κ2) is 5.88. The number of halogens is 1. The van der Waals surface area contributed by atoms with Crippen molar-refractivity contribution in [3.8, 4) is 11.5 Å². The maximum Gasteiger partial charge on any atom is 0.291 e. The van der Waals surface area contributed by atoms with Gasteiger partial charge < -0.3 is 19.2 Å². The fourth-order valence-corrected chi connectivity index (χ4v) is 1.88. The van der Waals surface area contributed by atoms with E-state index in [2.05, 4.69) is 5.32 Å². The second-order valence-electron chi connectivity index (χ2n) is 4.08. The van der Waals surface area contributed by atoms with Gasteiger partial charge in [0.05, 0.1) is 14.2 Å². The molecule has 0 radical (unpaired) electrons. The predicted octanol–water partition coefficient (Wildman–Crippen LogP) is 3.51. The highest BCUT2D eigenvalue weighted by molar-refractivity contribution is 6.29. The Labute approximate surface area is 121 Å². The van der Waals surface area contributed by atoms with Gasteiger partial charge in [-0.05, 0) is 42.3 Å². The normalized spacial score (nSPS) is 10.2. The Balaban J connectivity index is 2.27. The van der Waals surface area contributed by atoms with E-state index < -0.39 is 0 Å². The second-order valence-corrected chi connectivity index (χ2v) is 4.45. The van der Waals surface area contributed by atoms with Crippen LogP contribution in [0.15, 0.2) is 28.7 Å². The lowest BCUT2D eigenvalue weighted by Gasteiger charge is -2.13. The molecule has 1 N–H and O–H groups in total. The number of furan rings is 1. The maximum atomic E-state index is 12.0. The van der Waals surface area contributed by atoms with Gasteiger partial charge in [-0.2, -0.15) is 0 Å². The van der Waals surface area contributed by atoms with E-state index in [0.717, 1.165) is 5.56 Å². The number of nitrogens with one attached hydrogen (secondary N) is 1. The molecule has 0 saturated carbocycles. The molecule has 106 valence electrons. The van der Waals surface area contributed by atoms with Gasteiger partial charge in [0.2, 0.25) is 0 Å². The van der Waals surface area contributed by atoms with Gasteiger partial charge in [-0.3, -0.25) is 4.79 Å². The zero-order valence-electron chi connectivity index (χ0n) is 11.3. The summed E-state index contributed by atoms with van der Waals surface area (Å²) in [6.45, 7) is 1.85. The number of anilines is 1. The molecule has 5 nitrogen and oxygen atoms in total. The number of carbonyl (C=O) groups is 1. The number of hydrogen-bond acceptors (Lipinski definition) is 4. The van der Waals surface area contributed by atoms with Gasteiger partial charge in [-0.1, -0.05) is 0 Å². The van der Waals surface area contributed by atoms with Gasteiger partial charge in [0.1, 0.15) is 0 Å². The van der Waals surface area contributed by atoms with Crippen molar-refractivity contribution in [3.05, 3.63) is 40.8 Å².